The molecule has 0 atom stereocenters. The lowest BCUT2D eigenvalue weighted by molar-refractivity contribution is 0.0746. The number of nitrogens with zero attached hydrogens (tertiary/aromatic N) is 4. The number of hydrogen-bond acceptors (Lipinski definition) is 4. The lowest BCUT2D eigenvalue weighted by Crippen LogP contribution is -2.49. The molecule has 0 N–H and O–H groups in total. The number of piperazine rings is 1. The molecule has 1 aromatic heterocycles. The highest BCUT2D eigenvalue weighted by molar-refractivity contribution is 5.94. The molecule has 1 aliphatic heterocycles. The van der Waals surface area contributed by atoms with E-state index in [9.17, 15) is 4.79 Å². The maximum absolute atomic E-state index is 12.9. The highest BCUT2D eigenvalue weighted by Gasteiger charge is 2.25. The van der Waals surface area contributed by atoms with Crippen LogP contribution in [0, 0.1) is 27.7 Å². The van der Waals surface area contributed by atoms with Crippen LogP contribution in [0.3, 0.4) is 0 Å². The summed E-state index contributed by atoms with van der Waals surface area (Å²) < 4.78 is 0. The zero-order valence-electron chi connectivity index (χ0n) is 18.9. The Morgan fingerprint density at radius 1 is 0.806 bits per heavy atom. The number of aromatic nitrogens is 2. The van der Waals surface area contributed by atoms with Crippen LogP contribution in [0.4, 0.5) is 5.82 Å². The lowest BCUT2D eigenvalue weighted by atomic mass is 10.0. The predicted molar refractivity (Wildman–Crippen MR) is 125 cm³/mol. The molecule has 2 heterocycles. The number of benzene rings is 2. The van der Waals surface area contributed by atoms with Gasteiger partial charge in [0.25, 0.3) is 5.91 Å². The fourth-order valence-corrected chi connectivity index (χ4v) is 4.10. The number of anilines is 1. The number of aryl methyl sites for hydroxylation is 4. The molecule has 3 aromatic rings. The second kappa shape index (κ2) is 8.88. The number of hydrogen-bond donors (Lipinski definition) is 0. The van der Waals surface area contributed by atoms with Gasteiger partial charge in [0.1, 0.15) is 11.6 Å². The lowest BCUT2D eigenvalue weighted by Gasteiger charge is -2.36. The van der Waals surface area contributed by atoms with Crippen LogP contribution in [0.1, 0.15) is 44.1 Å². The first kappa shape index (κ1) is 21.0. The number of amides is 1. The van der Waals surface area contributed by atoms with Crippen molar-refractivity contribution in [2.24, 2.45) is 0 Å². The summed E-state index contributed by atoms with van der Waals surface area (Å²) in [6.45, 7) is 11.1. The molecular weight excluding hydrogens is 384 g/mol. The highest BCUT2D eigenvalue weighted by atomic mass is 16.2. The van der Waals surface area contributed by atoms with Crippen LogP contribution in [-0.4, -0.2) is 47.0 Å². The molecular formula is C26H30N4O. The van der Waals surface area contributed by atoms with Crippen LogP contribution < -0.4 is 4.90 Å². The SMILES string of the molecule is Cc1ccc(Cc2c(C)nc(C)nc2N2CCN(C(=O)c3ccc(C)cc3)CC2)cc1. The van der Waals surface area contributed by atoms with Gasteiger partial charge in [0.2, 0.25) is 0 Å². The predicted octanol–water partition coefficient (Wildman–Crippen LogP) is 4.26. The van der Waals surface area contributed by atoms with Crippen LogP contribution in [-0.2, 0) is 6.42 Å². The first-order valence-corrected chi connectivity index (χ1v) is 10.9. The fraction of sp³-hybridized carbons (Fsp3) is 0.346. The Labute approximate surface area is 184 Å². The molecule has 5 nitrogen and oxygen atoms in total. The molecule has 31 heavy (non-hydrogen) atoms. The molecule has 0 saturated carbocycles. The van der Waals surface area contributed by atoms with E-state index in [1.165, 1.54) is 16.7 Å². The van der Waals surface area contributed by atoms with E-state index in [2.05, 4.69) is 48.0 Å². The second-order valence-electron chi connectivity index (χ2n) is 8.47. The molecule has 0 aliphatic carbocycles. The van der Waals surface area contributed by atoms with Crippen LogP contribution in [0.5, 0.6) is 0 Å². The van der Waals surface area contributed by atoms with Gasteiger partial charge in [-0.05, 0) is 45.4 Å². The largest absolute Gasteiger partial charge is 0.353 e. The van der Waals surface area contributed by atoms with Crippen molar-refractivity contribution in [2.75, 3.05) is 31.1 Å². The fourth-order valence-electron chi connectivity index (χ4n) is 4.10. The number of rotatable bonds is 4. The molecule has 0 spiro atoms. The maximum Gasteiger partial charge on any atom is 0.253 e. The Kier molecular flexibility index (Phi) is 6.03. The first-order chi connectivity index (χ1) is 14.9. The summed E-state index contributed by atoms with van der Waals surface area (Å²) in [6.07, 6.45) is 0.810. The van der Waals surface area contributed by atoms with Crippen LogP contribution >= 0.6 is 0 Å². The molecule has 0 bridgehead atoms. The summed E-state index contributed by atoms with van der Waals surface area (Å²) in [7, 11) is 0. The maximum atomic E-state index is 12.9. The van der Waals surface area contributed by atoms with Crippen molar-refractivity contribution >= 4 is 11.7 Å². The first-order valence-electron chi connectivity index (χ1n) is 10.9. The zero-order chi connectivity index (χ0) is 22.0. The van der Waals surface area contributed by atoms with Crippen molar-refractivity contribution in [1.29, 1.82) is 0 Å². The Morgan fingerprint density at radius 3 is 2.00 bits per heavy atom. The van der Waals surface area contributed by atoms with Gasteiger partial charge in [-0.1, -0.05) is 47.5 Å². The highest BCUT2D eigenvalue weighted by Crippen LogP contribution is 2.25. The number of carbonyl (C=O) groups excluding carboxylic acids is 1. The molecule has 1 saturated heterocycles. The topological polar surface area (TPSA) is 49.3 Å². The minimum absolute atomic E-state index is 0.106. The monoisotopic (exact) mass is 414 g/mol. The van der Waals surface area contributed by atoms with E-state index >= 15 is 0 Å². The number of carbonyl (C=O) groups is 1. The molecule has 1 amide bonds. The Morgan fingerprint density at radius 2 is 1.39 bits per heavy atom. The van der Waals surface area contributed by atoms with E-state index in [0.717, 1.165) is 48.0 Å². The van der Waals surface area contributed by atoms with Gasteiger partial charge >= 0.3 is 0 Å². The van der Waals surface area contributed by atoms with E-state index < -0.39 is 0 Å². The zero-order valence-corrected chi connectivity index (χ0v) is 18.9. The van der Waals surface area contributed by atoms with Crippen molar-refractivity contribution in [2.45, 2.75) is 34.1 Å². The molecule has 160 valence electrons. The molecule has 5 heteroatoms. The minimum atomic E-state index is 0.106. The van der Waals surface area contributed by atoms with Gasteiger partial charge in [-0.3, -0.25) is 4.79 Å². The third kappa shape index (κ3) is 4.76. The van der Waals surface area contributed by atoms with Crippen molar-refractivity contribution in [3.8, 4) is 0 Å². The van der Waals surface area contributed by atoms with Crippen LogP contribution in [0.2, 0.25) is 0 Å². The third-order valence-electron chi connectivity index (χ3n) is 5.97. The summed E-state index contributed by atoms with van der Waals surface area (Å²) in [5, 5.41) is 0. The van der Waals surface area contributed by atoms with Crippen LogP contribution in [0.15, 0.2) is 48.5 Å². The summed E-state index contributed by atoms with van der Waals surface area (Å²) >= 11 is 0. The Hall–Kier alpha value is -3.21. The van der Waals surface area contributed by atoms with E-state index in [1.807, 2.05) is 43.0 Å². The molecule has 2 aromatic carbocycles. The minimum Gasteiger partial charge on any atom is -0.353 e. The summed E-state index contributed by atoms with van der Waals surface area (Å²) in [5.41, 5.74) is 6.64. The second-order valence-corrected chi connectivity index (χ2v) is 8.47. The van der Waals surface area contributed by atoms with Crippen molar-refractivity contribution in [3.63, 3.8) is 0 Å². The van der Waals surface area contributed by atoms with Crippen molar-refractivity contribution in [3.05, 3.63) is 87.9 Å². The Bertz CT molecular complexity index is 1070. The van der Waals surface area contributed by atoms with Gasteiger partial charge in [-0.15, -0.1) is 0 Å². The van der Waals surface area contributed by atoms with Crippen LogP contribution in [0.25, 0.3) is 0 Å². The van der Waals surface area contributed by atoms with Gasteiger partial charge in [0.15, 0.2) is 0 Å². The summed E-state index contributed by atoms with van der Waals surface area (Å²) in [4.78, 5) is 26.6. The average Bonchev–Trinajstić information content (AvgIpc) is 2.77. The van der Waals surface area contributed by atoms with Gasteiger partial charge in [-0.25, -0.2) is 9.97 Å². The molecule has 1 aliphatic rings. The van der Waals surface area contributed by atoms with Gasteiger partial charge in [0, 0.05) is 49.4 Å². The molecule has 0 unspecified atom stereocenters. The van der Waals surface area contributed by atoms with E-state index in [-0.39, 0.29) is 5.91 Å². The molecule has 4 rings (SSSR count). The van der Waals surface area contributed by atoms with Crippen molar-refractivity contribution < 1.29 is 4.79 Å². The van der Waals surface area contributed by atoms with E-state index in [0.29, 0.717) is 13.1 Å². The quantitative estimate of drug-likeness (QED) is 0.640. The summed E-state index contributed by atoms with van der Waals surface area (Å²) in [6, 6.07) is 16.5. The molecule has 0 radical (unpaired) electrons. The summed E-state index contributed by atoms with van der Waals surface area (Å²) in [5.74, 6) is 1.90. The average molecular weight is 415 g/mol. The van der Waals surface area contributed by atoms with Gasteiger partial charge in [-0.2, -0.15) is 0 Å². The van der Waals surface area contributed by atoms with E-state index in [4.69, 9.17) is 4.98 Å². The van der Waals surface area contributed by atoms with E-state index in [1.54, 1.807) is 0 Å². The van der Waals surface area contributed by atoms with Gasteiger partial charge < -0.3 is 9.80 Å². The third-order valence-corrected chi connectivity index (χ3v) is 5.97. The Balaban J connectivity index is 1.51. The van der Waals surface area contributed by atoms with Gasteiger partial charge in [0.05, 0.1) is 0 Å². The van der Waals surface area contributed by atoms with Crippen molar-refractivity contribution in [1.82, 2.24) is 14.9 Å². The normalized spacial score (nSPS) is 14.1. The smallest absolute Gasteiger partial charge is 0.253 e. The standard InChI is InChI=1S/C26H30N4O/c1-18-5-9-22(10-6-18)17-24-20(3)27-21(4)28-25(24)29-13-15-30(16-14-29)26(31)23-11-7-19(2)8-12-23/h5-12H,13-17H2,1-4H3. The molecule has 1 fully saturated rings.